The molecule has 0 heterocycles. The lowest BCUT2D eigenvalue weighted by atomic mass is 10.2. The van der Waals surface area contributed by atoms with E-state index >= 15 is 0 Å². The largest absolute Gasteiger partial charge is 0.381 e. The van der Waals surface area contributed by atoms with Crippen LogP contribution in [0, 0.1) is 0 Å². The van der Waals surface area contributed by atoms with Gasteiger partial charge in [0.15, 0.2) is 0 Å². The van der Waals surface area contributed by atoms with Crippen molar-refractivity contribution in [1.82, 2.24) is 0 Å². The minimum atomic E-state index is 0.733. The summed E-state index contributed by atoms with van der Waals surface area (Å²) in [5.41, 5.74) is 3.38. The molecule has 0 aliphatic rings. The van der Waals surface area contributed by atoms with Gasteiger partial charge in [0.2, 0.25) is 0 Å². The second-order valence-electron chi connectivity index (χ2n) is 4.39. The minimum absolute atomic E-state index is 0.733. The van der Waals surface area contributed by atoms with Gasteiger partial charge < -0.3 is 10.2 Å². The molecule has 0 aliphatic heterocycles. The van der Waals surface area contributed by atoms with E-state index in [1.807, 2.05) is 44.4 Å². The molecule has 2 rings (SSSR count). The zero-order valence-electron chi connectivity index (χ0n) is 10.7. The molecule has 2 aromatic rings. The van der Waals surface area contributed by atoms with Gasteiger partial charge in [0.05, 0.1) is 0 Å². The van der Waals surface area contributed by atoms with Gasteiger partial charge in [0.1, 0.15) is 0 Å². The Balaban J connectivity index is 2.07. The summed E-state index contributed by atoms with van der Waals surface area (Å²) >= 11 is 6.12. The Hall–Kier alpha value is -1.67. The van der Waals surface area contributed by atoms with Crippen LogP contribution in [-0.4, -0.2) is 14.1 Å². The monoisotopic (exact) mass is 260 g/mol. The normalized spacial score (nSPS) is 10.2. The molecular weight excluding hydrogens is 244 g/mol. The van der Waals surface area contributed by atoms with E-state index in [1.165, 1.54) is 5.69 Å². The Bertz CT molecular complexity index is 523. The summed E-state index contributed by atoms with van der Waals surface area (Å²) in [5, 5.41) is 4.19. The van der Waals surface area contributed by atoms with Crippen LogP contribution in [0.2, 0.25) is 5.02 Å². The zero-order valence-corrected chi connectivity index (χ0v) is 11.4. The first-order valence-corrected chi connectivity index (χ1v) is 6.29. The molecule has 94 valence electrons. The fourth-order valence-electron chi connectivity index (χ4n) is 1.73. The van der Waals surface area contributed by atoms with Crippen LogP contribution in [-0.2, 0) is 6.54 Å². The van der Waals surface area contributed by atoms with Crippen molar-refractivity contribution in [2.24, 2.45) is 0 Å². The van der Waals surface area contributed by atoms with Crippen LogP contribution in [0.1, 0.15) is 5.56 Å². The van der Waals surface area contributed by atoms with Gasteiger partial charge in [-0.05, 0) is 29.8 Å². The standard InChI is InChI=1S/C15H17ClN2/c1-18(2)14-8-5-7-13(10-14)17-11-12-6-3-4-9-15(12)16/h3-10,17H,11H2,1-2H3. The first-order chi connectivity index (χ1) is 8.66. The summed E-state index contributed by atoms with van der Waals surface area (Å²) in [6.45, 7) is 0.733. The number of hydrogen-bond donors (Lipinski definition) is 1. The van der Waals surface area contributed by atoms with Crippen LogP contribution < -0.4 is 10.2 Å². The lowest BCUT2D eigenvalue weighted by Gasteiger charge is -2.14. The first-order valence-electron chi connectivity index (χ1n) is 5.91. The fraction of sp³-hybridized carbons (Fsp3) is 0.200. The van der Waals surface area contributed by atoms with E-state index in [0.29, 0.717) is 0 Å². The van der Waals surface area contributed by atoms with Gasteiger partial charge in [0, 0.05) is 37.0 Å². The number of hydrogen-bond acceptors (Lipinski definition) is 2. The Kier molecular flexibility index (Phi) is 4.11. The van der Waals surface area contributed by atoms with E-state index in [2.05, 4.69) is 28.4 Å². The Morgan fingerprint density at radius 1 is 1.06 bits per heavy atom. The van der Waals surface area contributed by atoms with Gasteiger partial charge in [-0.3, -0.25) is 0 Å². The van der Waals surface area contributed by atoms with Gasteiger partial charge in [-0.15, -0.1) is 0 Å². The van der Waals surface area contributed by atoms with Gasteiger partial charge in [0.25, 0.3) is 0 Å². The van der Waals surface area contributed by atoms with Crippen molar-refractivity contribution in [3.8, 4) is 0 Å². The SMILES string of the molecule is CN(C)c1cccc(NCc2ccccc2Cl)c1. The van der Waals surface area contributed by atoms with Crippen molar-refractivity contribution in [1.29, 1.82) is 0 Å². The Morgan fingerprint density at radius 2 is 1.83 bits per heavy atom. The number of nitrogens with zero attached hydrogens (tertiary/aromatic N) is 1. The third kappa shape index (κ3) is 3.17. The van der Waals surface area contributed by atoms with Crippen molar-refractivity contribution in [2.75, 3.05) is 24.3 Å². The quantitative estimate of drug-likeness (QED) is 0.893. The van der Waals surface area contributed by atoms with E-state index in [1.54, 1.807) is 0 Å². The number of nitrogens with one attached hydrogen (secondary N) is 1. The summed E-state index contributed by atoms with van der Waals surface area (Å²) in [6.07, 6.45) is 0. The van der Waals surface area contributed by atoms with E-state index in [-0.39, 0.29) is 0 Å². The summed E-state index contributed by atoms with van der Waals surface area (Å²) < 4.78 is 0. The summed E-state index contributed by atoms with van der Waals surface area (Å²) in [4.78, 5) is 2.08. The van der Waals surface area contributed by atoms with Crippen molar-refractivity contribution < 1.29 is 0 Å². The summed E-state index contributed by atoms with van der Waals surface area (Å²) in [7, 11) is 4.07. The van der Waals surface area contributed by atoms with Crippen molar-refractivity contribution in [3.05, 3.63) is 59.1 Å². The van der Waals surface area contributed by atoms with Crippen molar-refractivity contribution in [3.63, 3.8) is 0 Å². The maximum Gasteiger partial charge on any atom is 0.0455 e. The predicted molar refractivity (Wildman–Crippen MR) is 79.5 cm³/mol. The average molecular weight is 261 g/mol. The molecule has 0 atom stereocenters. The number of rotatable bonds is 4. The molecule has 0 fully saturated rings. The highest BCUT2D eigenvalue weighted by Crippen LogP contribution is 2.20. The number of halogens is 1. The topological polar surface area (TPSA) is 15.3 Å². The lowest BCUT2D eigenvalue weighted by molar-refractivity contribution is 1.12. The molecule has 0 radical (unpaired) electrons. The van der Waals surface area contributed by atoms with Crippen LogP contribution in [0.15, 0.2) is 48.5 Å². The molecule has 0 aromatic heterocycles. The van der Waals surface area contributed by atoms with Crippen molar-refractivity contribution in [2.45, 2.75) is 6.54 Å². The van der Waals surface area contributed by atoms with Gasteiger partial charge in [-0.1, -0.05) is 35.9 Å². The van der Waals surface area contributed by atoms with Crippen LogP contribution in [0.4, 0.5) is 11.4 Å². The average Bonchev–Trinajstić information content (AvgIpc) is 2.38. The van der Waals surface area contributed by atoms with E-state index in [9.17, 15) is 0 Å². The molecule has 0 saturated heterocycles. The number of anilines is 2. The molecule has 3 heteroatoms. The highest BCUT2D eigenvalue weighted by molar-refractivity contribution is 6.31. The molecule has 0 unspecified atom stereocenters. The van der Waals surface area contributed by atoms with Crippen LogP contribution in [0.25, 0.3) is 0 Å². The Labute approximate surface area is 113 Å². The van der Waals surface area contributed by atoms with Gasteiger partial charge >= 0.3 is 0 Å². The highest BCUT2D eigenvalue weighted by Gasteiger charge is 2.00. The maximum atomic E-state index is 6.12. The second-order valence-corrected chi connectivity index (χ2v) is 4.80. The molecule has 1 N–H and O–H groups in total. The Morgan fingerprint density at radius 3 is 2.56 bits per heavy atom. The van der Waals surface area contributed by atoms with E-state index in [4.69, 9.17) is 11.6 Å². The summed E-state index contributed by atoms with van der Waals surface area (Å²) in [6, 6.07) is 16.2. The molecular formula is C15H17ClN2. The second kappa shape index (κ2) is 5.78. The zero-order chi connectivity index (χ0) is 13.0. The third-order valence-corrected chi connectivity index (χ3v) is 3.17. The fourth-order valence-corrected chi connectivity index (χ4v) is 1.94. The predicted octanol–water partition coefficient (Wildman–Crippen LogP) is 4.02. The van der Waals surface area contributed by atoms with Crippen LogP contribution in [0.3, 0.4) is 0 Å². The van der Waals surface area contributed by atoms with Gasteiger partial charge in [-0.2, -0.15) is 0 Å². The third-order valence-electron chi connectivity index (χ3n) is 2.80. The molecule has 0 aliphatic carbocycles. The molecule has 0 saturated carbocycles. The van der Waals surface area contributed by atoms with E-state index in [0.717, 1.165) is 22.8 Å². The van der Waals surface area contributed by atoms with Crippen molar-refractivity contribution >= 4 is 23.0 Å². The number of benzene rings is 2. The van der Waals surface area contributed by atoms with Crippen LogP contribution >= 0.6 is 11.6 Å². The van der Waals surface area contributed by atoms with Crippen LogP contribution in [0.5, 0.6) is 0 Å². The first kappa shape index (κ1) is 12.8. The smallest absolute Gasteiger partial charge is 0.0455 e. The molecule has 0 bridgehead atoms. The molecule has 0 amide bonds. The summed E-state index contributed by atoms with van der Waals surface area (Å²) in [5.74, 6) is 0. The molecule has 2 nitrogen and oxygen atoms in total. The van der Waals surface area contributed by atoms with Gasteiger partial charge in [-0.25, -0.2) is 0 Å². The van der Waals surface area contributed by atoms with E-state index < -0.39 is 0 Å². The molecule has 18 heavy (non-hydrogen) atoms. The minimum Gasteiger partial charge on any atom is -0.381 e. The molecule has 2 aromatic carbocycles. The maximum absolute atomic E-state index is 6.12. The molecule has 0 spiro atoms. The highest BCUT2D eigenvalue weighted by atomic mass is 35.5. The lowest BCUT2D eigenvalue weighted by Crippen LogP contribution is -2.09.